The molecule has 0 aliphatic heterocycles. The van der Waals surface area contributed by atoms with Crippen LogP contribution in [-0.2, 0) is 9.53 Å². The van der Waals surface area contributed by atoms with Gasteiger partial charge in [0.1, 0.15) is 11.6 Å². The van der Waals surface area contributed by atoms with Gasteiger partial charge in [-0.3, -0.25) is 4.79 Å². The molecule has 2 N–H and O–H groups in total. The molecule has 5 heteroatoms. The summed E-state index contributed by atoms with van der Waals surface area (Å²) in [4.78, 5) is 23.7. The maximum absolute atomic E-state index is 12.0. The van der Waals surface area contributed by atoms with Crippen molar-refractivity contribution in [2.24, 2.45) is 5.73 Å². The minimum atomic E-state index is -0.630. The molecule has 0 amide bonds. The molecule has 5 nitrogen and oxygen atoms in total. The van der Waals surface area contributed by atoms with Crippen molar-refractivity contribution in [3.05, 3.63) is 71.4 Å². The van der Waals surface area contributed by atoms with E-state index in [1.807, 2.05) is 30.3 Å². The quantitative estimate of drug-likeness (QED) is 0.519. The van der Waals surface area contributed by atoms with Crippen molar-refractivity contribution in [2.45, 2.75) is 6.92 Å². The lowest BCUT2D eigenvalue weighted by Gasteiger charge is -2.06. The minimum absolute atomic E-state index is 0.103. The monoisotopic (exact) mass is 320 g/mol. The highest BCUT2D eigenvalue weighted by Crippen LogP contribution is 2.19. The number of ether oxygens (including phenoxy) is 1. The van der Waals surface area contributed by atoms with Crippen molar-refractivity contribution in [2.75, 3.05) is 6.61 Å². The molecule has 24 heavy (non-hydrogen) atoms. The second-order valence-electron chi connectivity index (χ2n) is 5.11. The molecule has 0 aliphatic rings. The Bertz CT molecular complexity index is 812. The summed E-state index contributed by atoms with van der Waals surface area (Å²) < 4.78 is 4.94. The fourth-order valence-corrected chi connectivity index (χ4v) is 2.09. The first kappa shape index (κ1) is 17.0. The van der Waals surface area contributed by atoms with Crippen LogP contribution in [0.15, 0.2) is 65.9 Å². The van der Waals surface area contributed by atoms with Crippen LogP contribution in [0.3, 0.4) is 0 Å². The number of ketones is 1. The van der Waals surface area contributed by atoms with Gasteiger partial charge in [0.15, 0.2) is 6.61 Å². The second-order valence-corrected chi connectivity index (χ2v) is 5.11. The molecule has 2 aromatic carbocycles. The maximum atomic E-state index is 12.0. The van der Waals surface area contributed by atoms with Crippen LogP contribution < -0.4 is 5.73 Å². The Balaban J connectivity index is 2.03. The normalized spacial score (nSPS) is 11.2. The minimum Gasteiger partial charge on any atom is -0.454 e. The van der Waals surface area contributed by atoms with Crippen LogP contribution in [0.5, 0.6) is 0 Å². The lowest BCUT2D eigenvalue weighted by molar-refractivity contribution is -0.118. The van der Waals surface area contributed by atoms with Gasteiger partial charge in [-0.1, -0.05) is 42.5 Å². The number of nitriles is 1. The van der Waals surface area contributed by atoms with Gasteiger partial charge < -0.3 is 10.5 Å². The summed E-state index contributed by atoms with van der Waals surface area (Å²) in [6.07, 6.45) is 0. The Morgan fingerprint density at radius 1 is 1.04 bits per heavy atom. The molecule has 0 aliphatic carbocycles. The highest BCUT2D eigenvalue weighted by Gasteiger charge is 2.15. The standard InChI is InChI=1S/C19H16N2O3/c1-13(21)17(11-20)18(22)12-24-19(23)16-9-7-15(8-10-16)14-5-3-2-4-6-14/h2-10H,12,21H2,1H3/b17-13-. The Morgan fingerprint density at radius 2 is 1.62 bits per heavy atom. The molecule has 120 valence electrons. The molecule has 0 fully saturated rings. The number of hydrogen-bond acceptors (Lipinski definition) is 5. The molecule has 0 saturated carbocycles. The van der Waals surface area contributed by atoms with Gasteiger partial charge in [-0.15, -0.1) is 0 Å². The summed E-state index contributed by atoms with van der Waals surface area (Å²) in [7, 11) is 0. The van der Waals surface area contributed by atoms with Crippen LogP contribution in [0.1, 0.15) is 17.3 Å². The van der Waals surface area contributed by atoms with E-state index in [1.54, 1.807) is 30.3 Å². The average Bonchev–Trinajstić information content (AvgIpc) is 2.61. The fraction of sp³-hybridized carbons (Fsp3) is 0.105. The second kappa shape index (κ2) is 7.75. The average molecular weight is 320 g/mol. The number of rotatable bonds is 5. The Labute approximate surface area is 140 Å². The summed E-state index contributed by atoms with van der Waals surface area (Å²) in [6, 6.07) is 18.3. The molecule has 0 heterocycles. The number of allylic oxidation sites excluding steroid dienone is 1. The molecule has 0 aromatic heterocycles. The summed E-state index contributed by atoms with van der Waals surface area (Å²) in [6.45, 7) is 0.928. The first-order valence-electron chi connectivity index (χ1n) is 7.25. The molecule has 2 aromatic rings. The number of hydrogen-bond donors (Lipinski definition) is 1. The Kier molecular flexibility index (Phi) is 5.48. The van der Waals surface area contributed by atoms with Crippen molar-refractivity contribution >= 4 is 11.8 Å². The molecule has 0 unspecified atom stereocenters. The summed E-state index contributed by atoms with van der Waals surface area (Å²) >= 11 is 0. The number of esters is 1. The van der Waals surface area contributed by atoms with E-state index in [4.69, 9.17) is 15.7 Å². The fourth-order valence-electron chi connectivity index (χ4n) is 2.09. The number of nitrogens with two attached hydrogens (primary N) is 1. The summed E-state index contributed by atoms with van der Waals surface area (Å²) in [5.74, 6) is -1.25. The van der Waals surface area contributed by atoms with Gasteiger partial charge >= 0.3 is 5.97 Å². The highest BCUT2D eigenvalue weighted by molar-refractivity contribution is 6.02. The largest absolute Gasteiger partial charge is 0.454 e. The van der Waals surface area contributed by atoms with Crippen molar-refractivity contribution in [3.8, 4) is 17.2 Å². The molecule has 0 bridgehead atoms. The van der Waals surface area contributed by atoms with Crippen LogP contribution in [0.2, 0.25) is 0 Å². The lowest BCUT2D eigenvalue weighted by atomic mass is 10.0. The van der Waals surface area contributed by atoms with E-state index >= 15 is 0 Å². The number of Topliss-reactive ketones (excluding diaryl/α,β-unsaturated/α-hetero) is 1. The van der Waals surface area contributed by atoms with E-state index in [1.165, 1.54) is 6.92 Å². The predicted molar refractivity (Wildman–Crippen MR) is 89.7 cm³/mol. The Morgan fingerprint density at radius 3 is 2.17 bits per heavy atom. The number of benzene rings is 2. The van der Waals surface area contributed by atoms with Crippen LogP contribution in [-0.4, -0.2) is 18.4 Å². The van der Waals surface area contributed by atoms with E-state index in [-0.39, 0.29) is 11.3 Å². The van der Waals surface area contributed by atoms with E-state index in [0.29, 0.717) is 5.56 Å². The maximum Gasteiger partial charge on any atom is 0.338 e. The van der Waals surface area contributed by atoms with Gasteiger partial charge in [-0.2, -0.15) is 5.26 Å². The first-order valence-corrected chi connectivity index (χ1v) is 7.25. The van der Waals surface area contributed by atoms with E-state index < -0.39 is 18.4 Å². The third-order valence-corrected chi connectivity index (χ3v) is 3.35. The predicted octanol–water partition coefficient (Wildman–Crippen LogP) is 2.84. The third kappa shape index (κ3) is 4.08. The zero-order chi connectivity index (χ0) is 17.5. The lowest BCUT2D eigenvalue weighted by Crippen LogP contribution is -2.17. The number of nitrogens with zero attached hydrogens (tertiary/aromatic N) is 1. The van der Waals surface area contributed by atoms with Gasteiger partial charge in [-0.05, 0) is 30.2 Å². The highest BCUT2D eigenvalue weighted by atomic mass is 16.5. The van der Waals surface area contributed by atoms with Crippen LogP contribution in [0.25, 0.3) is 11.1 Å². The van der Waals surface area contributed by atoms with Gasteiger partial charge in [0.25, 0.3) is 0 Å². The van der Waals surface area contributed by atoms with Gasteiger partial charge in [0.2, 0.25) is 5.78 Å². The molecule has 0 saturated heterocycles. The third-order valence-electron chi connectivity index (χ3n) is 3.35. The van der Waals surface area contributed by atoms with Crippen LogP contribution in [0.4, 0.5) is 0 Å². The molecule has 0 spiro atoms. The summed E-state index contributed by atoms with van der Waals surface area (Å²) in [5, 5.41) is 8.84. The van der Waals surface area contributed by atoms with Crippen molar-refractivity contribution in [3.63, 3.8) is 0 Å². The first-order chi connectivity index (χ1) is 11.5. The van der Waals surface area contributed by atoms with Gasteiger partial charge in [-0.25, -0.2) is 4.79 Å². The van der Waals surface area contributed by atoms with Crippen LogP contribution >= 0.6 is 0 Å². The number of carbonyl (C=O) groups is 2. The van der Waals surface area contributed by atoms with Crippen molar-refractivity contribution < 1.29 is 14.3 Å². The van der Waals surface area contributed by atoms with E-state index in [0.717, 1.165) is 11.1 Å². The molecular weight excluding hydrogens is 304 g/mol. The van der Waals surface area contributed by atoms with Crippen molar-refractivity contribution in [1.82, 2.24) is 0 Å². The summed E-state index contributed by atoms with van der Waals surface area (Å²) in [5.41, 5.74) is 7.68. The molecule has 0 radical (unpaired) electrons. The smallest absolute Gasteiger partial charge is 0.338 e. The molecule has 2 rings (SSSR count). The SMILES string of the molecule is C/C(N)=C(\C#N)C(=O)COC(=O)c1ccc(-c2ccccc2)cc1. The zero-order valence-electron chi connectivity index (χ0n) is 13.2. The zero-order valence-corrected chi connectivity index (χ0v) is 13.2. The number of carbonyl (C=O) groups excluding carboxylic acids is 2. The van der Waals surface area contributed by atoms with Crippen molar-refractivity contribution in [1.29, 1.82) is 5.26 Å². The van der Waals surface area contributed by atoms with Gasteiger partial charge in [0, 0.05) is 5.70 Å². The topological polar surface area (TPSA) is 93.2 Å². The van der Waals surface area contributed by atoms with Gasteiger partial charge in [0.05, 0.1) is 5.56 Å². The Hall–Kier alpha value is -3.39. The molecular formula is C19H16N2O3. The van der Waals surface area contributed by atoms with E-state index in [2.05, 4.69) is 0 Å². The molecule has 0 atom stereocenters. The van der Waals surface area contributed by atoms with E-state index in [9.17, 15) is 9.59 Å². The van der Waals surface area contributed by atoms with Crippen LogP contribution in [0, 0.1) is 11.3 Å².